The molecule has 2 N–H and O–H groups in total. The lowest BCUT2D eigenvalue weighted by Gasteiger charge is -2.17. The number of benzene rings is 1. The quantitative estimate of drug-likeness (QED) is 0.840. The van der Waals surface area contributed by atoms with E-state index in [0.717, 1.165) is 11.0 Å². The largest absolute Gasteiger partial charge is 0.334 e. The van der Waals surface area contributed by atoms with Crippen LogP contribution in [0, 0.1) is 0 Å². The van der Waals surface area contributed by atoms with Gasteiger partial charge >= 0.3 is 0 Å². The first-order chi connectivity index (χ1) is 8.37. The van der Waals surface area contributed by atoms with Crippen LogP contribution >= 0.6 is 0 Å². The number of carbonyl (C=O) groups excluding carboxylic acids is 1. The number of imidazole rings is 1. The highest BCUT2D eigenvalue weighted by Gasteiger charge is 2.15. The van der Waals surface area contributed by atoms with E-state index < -0.39 is 0 Å². The Hall–Kier alpha value is -1.68. The van der Waals surface area contributed by atoms with E-state index in [2.05, 4.69) is 4.98 Å². The molecule has 0 aliphatic heterocycles. The Bertz CT molecular complexity index is 578. The summed E-state index contributed by atoms with van der Waals surface area (Å²) in [6.45, 7) is 3.87. The molecule has 0 bridgehead atoms. The van der Waals surface area contributed by atoms with Crippen molar-refractivity contribution >= 4 is 16.8 Å². The van der Waals surface area contributed by atoms with Gasteiger partial charge in [-0.1, -0.05) is 0 Å². The van der Waals surface area contributed by atoms with Crippen molar-refractivity contribution in [1.29, 1.82) is 0 Å². The number of aromatic nitrogens is 2. The summed E-state index contributed by atoms with van der Waals surface area (Å²) in [5.41, 5.74) is 8.19. The molecule has 0 radical (unpaired) electrons. The fourth-order valence-electron chi connectivity index (χ4n) is 1.89. The minimum Gasteiger partial charge on any atom is -0.334 e. The van der Waals surface area contributed by atoms with Gasteiger partial charge in [0.1, 0.15) is 0 Å². The summed E-state index contributed by atoms with van der Waals surface area (Å²) in [5.74, 6) is 0.126. The van der Waals surface area contributed by atoms with Gasteiger partial charge in [0.15, 0.2) is 5.78 Å². The first-order valence-electron chi connectivity index (χ1n) is 6.10. The third-order valence-electron chi connectivity index (χ3n) is 3.04. The molecule has 1 aromatic heterocycles. The Kier molecular flexibility index (Phi) is 3.22. The molecule has 18 heavy (non-hydrogen) atoms. The first-order valence-corrected chi connectivity index (χ1v) is 6.10. The van der Waals surface area contributed by atoms with Crippen molar-refractivity contribution in [2.24, 2.45) is 12.8 Å². The zero-order chi connectivity index (χ0) is 13.3. The number of nitrogens with zero attached hydrogens (tertiary/aromatic N) is 2. The van der Waals surface area contributed by atoms with Gasteiger partial charge in [-0.3, -0.25) is 4.79 Å². The molecule has 0 atom stereocenters. The summed E-state index contributed by atoms with van der Waals surface area (Å²) >= 11 is 0. The van der Waals surface area contributed by atoms with Crippen molar-refractivity contribution in [2.45, 2.75) is 32.2 Å². The van der Waals surface area contributed by atoms with Crippen molar-refractivity contribution in [2.75, 3.05) is 0 Å². The molecule has 0 saturated carbocycles. The number of fused-ring (bicyclic) bond motifs is 1. The normalized spacial score (nSPS) is 12.0. The fraction of sp³-hybridized carbons (Fsp3) is 0.429. The molecule has 1 heterocycles. The molecule has 0 spiro atoms. The lowest BCUT2D eigenvalue weighted by atomic mass is 9.96. The van der Waals surface area contributed by atoms with E-state index in [1.807, 2.05) is 43.7 Å². The average molecular weight is 245 g/mol. The molecule has 4 nitrogen and oxygen atoms in total. The van der Waals surface area contributed by atoms with Gasteiger partial charge < -0.3 is 10.3 Å². The van der Waals surface area contributed by atoms with Crippen LogP contribution in [0.15, 0.2) is 24.5 Å². The Morgan fingerprint density at radius 1 is 1.44 bits per heavy atom. The summed E-state index contributed by atoms with van der Waals surface area (Å²) in [6, 6.07) is 5.64. The Morgan fingerprint density at radius 2 is 2.17 bits per heavy atom. The minimum atomic E-state index is -0.301. The maximum Gasteiger partial charge on any atom is 0.163 e. The number of aryl methyl sites for hydroxylation is 1. The second kappa shape index (κ2) is 4.53. The number of ketones is 1. The summed E-state index contributed by atoms with van der Waals surface area (Å²) in [7, 11) is 1.94. The minimum absolute atomic E-state index is 0.126. The van der Waals surface area contributed by atoms with Gasteiger partial charge in [0.25, 0.3) is 0 Å². The molecule has 0 unspecified atom stereocenters. The van der Waals surface area contributed by atoms with Crippen LogP contribution in [0.2, 0.25) is 0 Å². The summed E-state index contributed by atoms with van der Waals surface area (Å²) in [4.78, 5) is 16.3. The molecule has 2 aromatic rings. The maximum atomic E-state index is 12.1. The monoisotopic (exact) mass is 245 g/mol. The number of nitrogens with two attached hydrogens (primary N) is 1. The van der Waals surface area contributed by atoms with Crippen molar-refractivity contribution < 1.29 is 4.79 Å². The van der Waals surface area contributed by atoms with E-state index in [0.29, 0.717) is 18.4 Å². The van der Waals surface area contributed by atoms with E-state index in [-0.39, 0.29) is 11.3 Å². The van der Waals surface area contributed by atoms with Gasteiger partial charge in [-0.25, -0.2) is 4.98 Å². The predicted molar refractivity (Wildman–Crippen MR) is 72.5 cm³/mol. The summed E-state index contributed by atoms with van der Waals surface area (Å²) in [6.07, 6.45) is 2.91. The molecule has 4 heteroatoms. The number of hydrogen-bond acceptors (Lipinski definition) is 3. The van der Waals surface area contributed by atoms with Gasteiger partial charge in [-0.05, 0) is 38.5 Å². The van der Waals surface area contributed by atoms with Crippen LogP contribution in [0.1, 0.15) is 37.0 Å². The lowest BCUT2D eigenvalue weighted by molar-refractivity contribution is 0.0972. The molecule has 0 aliphatic carbocycles. The standard InChI is InChI=1S/C14H19N3O/c1-14(2,15)7-6-13(18)10-4-5-12-11(8-10)16-9-17(12)3/h4-5,8-9H,6-7,15H2,1-3H3. The molecule has 0 amide bonds. The first kappa shape index (κ1) is 12.8. The molecular formula is C14H19N3O. The van der Waals surface area contributed by atoms with Crippen LogP contribution in [0.3, 0.4) is 0 Å². The highest BCUT2D eigenvalue weighted by atomic mass is 16.1. The van der Waals surface area contributed by atoms with Crippen molar-refractivity contribution in [3.8, 4) is 0 Å². The van der Waals surface area contributed by atoms with Crippen LogP contribution in [0.4, 0.5) is 0 Å². The fourth-order valence-corrected chi connectivity index (χ4v) is 1.89. The zero-order valence-corrected chi connectivity index (χ0v) is 11.1. The third-order valence-corrected chi connectivity index (χ3v) is 3.04. The second-order valence-corrected chi connectivity index (χ2v) is 5.47. The van der Waals surface area contributed by atoms with Crippen molar-refractivity contribution in [1.82, 2.24) is 9.55 Å². The Labute approximate surface area is 107 Å². The molecule has 1 aromatic carbocycles. The van der Waals surface area contributed by atoms with Crippen LogP contribution < -0.4 is 5.73 Å². The lowest BCUT2D eigenvalue weighted by Crippen LogP contribution is -2.32. The SMILES string of the molecule is Cn1cnc2cc(C(=O)CCC(C)(C)N)ccc21. The van der Waals surface area contributed by atoms with E-state index in [1.165, 1.54) is 0 Å². The molecule has 2 rings (SSSR count). The highest BCUT2D eigenvalue weighted by molar-refractivity contribution is 5.98. The van der Waals surface area contributed by atoms with Crippen LogP contribution in [-0.2, 0) is 7.05 Å². The van der Waals surface area contributed by atoms with Gasteiger partial charge in [-0.15, -0.1) is 0 Å². The zero-order valence-electron chi connectivity index (χ0n) is 11.1. The summed E-state index contributed by atoms with van der Waals surface area (Å²) < 4.78 is 1.94. The highest BCUT2D eigenvalue weighted by Crippen LogP contribution is 2.17. The van der Waals surface area contributed by atoms with Crippen LogP contribution in [-0.4, -0.2) is 20.9 Å². The second-order valence-electron chi connectivity index (χ2n) is 5.47. The maximum absolute atomic E-state index is 12.1. The van der Waals surface area contributed by atoms with Crippen LogP contribution in [0.25, 0.3) is 11.0 Å². The molecule has 0 fully saturated rings. The Morgan fingerprint density at radius 3 is 2.83 bits per heavy atom. The predicted octanol–water partition coefficient (Wildman–Crippen LogP) is 2.27. The van der Waals surface area contributed by atoms with Gasteiger partial charge in [0.2, 0.25) is 0 Å². The van der Waals surface area contributed by atoms with Crippen molar-refractivity contribution in [3.05, 3.63) is 30.1 Å². The van der Waals surface area contributed by atoms with Gasteiger partial charge in [0.05, 0.1) is 17.4 Å². The van der Waals surface area contributed by atoms with E-state index in [4.69, 9.17) is 5.73 Å². The topological polar surface area (TPSA) is 60.9 Å². The van der Waals surface area contributed by atoms with Gasteiger partial charge in [-0.2, -0.15) is 0 Å². The van der Waals surface area contributed by atoms with Gasteiger partial charge in [0, 0.05) is 24.6 Å². The smallest absolute Gasteiger partial charge is 0.163 e. The summed E-state index contributed by atoms with van der Waals surface area (Å²) in [5, 5.41) is 0. The van der Waals surface area contributed by atoms with E-state index in [9.17, 15) is 4.79 Å². The molecule has 0 saturated heterocycles. The average Bonchev–Trinajstić information content (AvgIpc) is 2.66. The number of rotatable bonds is 4. The number of Topliss-reactive ketones (excluding diaryl/α,β-unsaturated/α-hetero) is 1. The van der Waals surface area contributed by atoms with Crippen molar-refractivity contribution in [3.63, 3.8) is 0 Å². The molecular weight excluding hydrogens is 226 g/mol. The molecule has 0 aliphatic rings. The van der Waals surface area contributed by atoms with E-state index in [1.54, 1.807) is 6.33 Å². The van der Waals surface area contributed by atoms with E-state index >= 15 is 0 Å². The number of carbonyl (C=O) groups is 1. The Balaban J connectivity index is 2.18. The number of hydrogen-bond donors (Lipinski definition) is 1. The third kappa shape index (κ3) is 2.76. The van der Waals surface area contributed by atoms with Crippen LogP contribution in [0.5, 0.6) is 0 Å². The molecule has 96 valence electrons.